The van der Waals surface area contributed by atoms with E-state index < -0.39 is 0 Å². The van der Waals surface area contributed by atoms with Gasteiger partial charge in [-0.05, 0) is 24.3 Å². The van der Waals surface area contributed by atoms with Crippen LogP contribution in [0.5, 0.6) is 0 Å². The molecule has 86 valence electrons. The van der Waals surface area contributed by atoms with E-state index in [0.717, 1.165) is 5.69 Å². The Hall–Kier alpha value is -1.94. The Morgan fingerprint density at radius 2 is 1.82 bits per heavy atom. The van der Waals surface area contributed by atoms with Gasteiger partial charge in [-0.15, -0.1) is 10.2 Å². The summed E-state index contributed by atoms with van der Waals surface area (Å²) in [6.45, 7) is 0. The monoisotopic (exact) mass is 247 g/mol. The molecule has 1 heterocycles. The quantitative estimate of drug-likeness (QED) is 0.819. The molecule has 0 aliphatic carbocycles. The summed E-state index contributed by atoms with van der Waals surface area (Å²) < 4.78 is 0. The molecule has 0 N–H and O–H groups in total. The average molecular weight is 248 g/mol. The van der Waals surface area contributed by atoms with Gasteiger partial charge in [0.25, 0.3) is 5.91 Å². The Bertz CT molecular complexity index is 513. The van der Waals surface area contributed by atoms with Gasteiger partial charge >= 0.3 is 0 Å². The van der Waals surface area contributed by atoms with Crippen molar-refractivity contribution >= 4 is 23.2 Å². The Balaban J connectivity index is 2.23. The number of benzene rings is 1. The third kappa shape index (κ3) is 2.60. The fourth-order valence-electron chi connectivity index (χ4n) is 1.37. The maximum Gasteiger partial charge on any atom is 0.278 e. The highest BCUT2D eigenvalue weighted by Gasteiger charge is 2.14. The van der Waals surface area contributed by atoms with Crippen LogP contribution in [0.25, 0.3) is 0 Å². The standard InChI is InChI=1S/C12H10ClN3O/c1-16(9-5-3-2-4-6-9)12(17)10-7-8-11(13)15-14-10/h2-8H,1H3. The zero-order valence-corrected chi connectivity index (χ0v) is 9.93. The van der Waals surface area contributed by atoms with Crippen molar-refractivity contribution in [2.75, 3.05) is 11.9 Å². The lowest BCUT2D eigenvalue weighted by Crippen LogP contribution is -2.27. The topological polar surface area (TPSA) is 46.1 Å². The molecule has 2 rings (SSSR count). The van der Waals surface area contributed by atoms with Gasteiger partial charge in [0.15, 0.2) is 10.8 Å². The van der Waals surface area contributed by atoms with Crippen LogP contribution in [-0.2, 0) is 0 Å². The molecule has 4 nitrogen and oxygen atoms in total. The Morgan fingerprint density at radius 1 is 1.12 bits per heavy atom. The van der Waals surface area contributed by atoms with Crippen molar-refractivity contribution < 1.29 is 4.79 Å². The van der Waals surface area contributed by atoms with Gasteiger partial charge in [-0.25, -0.2) is 0 Å². The molecule has 0 fully saturated rings. The van der Waals surface area contributed by atoms with Crippen molar-refractivity contribution in [1.29, 1.82) is 0 Å². The molecule has 0 atom stereocenters. The van der Waals surface area contributed by atoms with E-state index in [-0.39, 0.29) is 16.8 Å². The first kappa shape index (κ1) is 11.5. The SMILES string of the molecule is CN(C(=O)c1ccc(Cl)nn1)c1ccccc1. The molecule has 1 aromatic carbocycles. The van der Waals surface area contributed by atoms with Crippen molar-refractivity contribution in [3.05, 3.63) is 53.3 Å². The van der Waals surface area contributed by atoms with Crippen LogP contribution in [0.1, 0.15) is 10.5 Å². The summed E-state index contributed by atoms with van der Waals surface area (Å²) in [6.07, 6.45) is 0. The number of para-hydroxylation sites is 1. The van der Waals surface area contributed by atoms with Gasteiger partial charge in [-0.1, -0.05) is 29.8 Å². The number of nitrogens with zero attached hydrogens (tertiary/aromatic N) is 3. The number of amides is 1. The lowest BCUT2D eigenvalue weighted by atomic mass is 10.2. The van der Waals surface area contributed by atoms with Crippen LogP contribution >= 0.6 is 11.6 Å². The van der Waals surface area contributed by atoms with Gasteiger partial charge in [0, 0.05) is 12.7 Å². The molecule has 17 heavy (non-hydrogen) atoms. The Labute approximate surface area is 104 Å². The molecule has 0 saturated heterocycles. The van der Waals surface area contributed by atoms with E-state index in [9.17, 15) is 4.79 Å². The Morgan fingerprint density at radius 3 is 2.41 bits per heavy atom. The predicted molar refractivity (Wildman–Crippen MR) is 66.2 cm³/mol. The number of carbonyl (C=O) groups is 1. The summed E-state index contributed by atoms with van der Waals surface area (Å²) in [5, 5.41) is 7.66. The summed E-state index contributed by atoms with van der Waals surface area (Å²) in [5.41, 5.74) is 1.06. The normalized spacial score (nSPS) is 10.0. The highest BCUT2D eigenvalue weighted by Crippen LogP contribution is 2.14. The fraction of sp³-hybridized carbons (Fsp3) is 0.0833. The van der Waals surface area contributed by atoms with Crippen molar-refractivity contribution in [3.8, 4) is 0 Å². The smallest absolute Gasteiger partial charge is 0.278 e. The van der Waals surface area contributed by atoms with Gasteiger partial charge in [-0.3, -0.25) is 4.79 Å². The van der Waals surface area contributed by atoms with Gasteiger partial charge in [0.2, 0.25) is 0 Å². The summed E-state index contributed by atoms with van der Waals surface area (Å²) >= 11 is 5.61. The average Bonchev–Trinajstić information content (AvgIpc) is 2.39. The van der Waals surface area contributed by atoms with Crippen LogP contribution in [0.15, 0.2) is 42.5 Å². The van der Waals surface area contributed by atoms with Crippen LogP contribution in [0.3, 0.4) is 0 Å². The number of rotatable bonds is 2. The molecule has 0 saturated carbocycles. The first-order chi connectivity index (χ1) is 8.18. The van der Waals surface area contributed by atoms with E-state index in [1.165, 1.54) is 4.90 Å². The van der Waals surface area contributed by atoms with Crippen LogP contribution in [0, 0.1) is 0 Å². The summed E-state index contributed by atoms with van der Waals surface area (Å²) in [4.78, 5) is 13.5. The second-order valence-electron chi connectivity index (χ2n) is 3.44. The third-order valence-corrected chi connectivity index (χ3v) is 2.50. The van der Waals surface area contributed by atoms with E-state index in [1.807, 2.05) is 30.3 Å². The lowest BCUT2D eigenvalue weighted by Gasteiger charge is -2.16. The minimum absolute atomic E-state index is 0.222. The molecule has 0 radical (unpaired) electrons. The number of anilines is 1. The number of hydrogen-bond donors (Lipinski definition) is 0. The van der Waals surface area contributed by atoms with Gasteiger partial charge < -0.3 is 4.90 Å². The van der Waals surface area contributed by atoms with Crippen LogP contribution < -0.4 is 4.90 Å². The number of halogens is 1. The molecular weight excluding hydrogens is 238 g/mol. The van der Waals surface area contributed by atoms with Crippen molar-refractivity contribution in [2.24, 2.45) is 0 Å². The van der Waals surface area contributed by atoms with E-state index in [0.29, 0.717) is 0 Å². The van der Waals surface area contributed by atoms with E-state index >= 15 is 0 Å². The van der Waals surface area contributed by atoms with Crippen molar-refractivity contribution in [2.45, 2.75) is 0 Å². The predicted octanol–water partition coefficient (Wildman–Crippen LogP) is 2.41. The second kappa shape index (κ2) is 4.93. The maximum absolute atomic E-state index is 12.0. The van der Waals surface area contributed by atoms with Gasteiger partial charge in [0.1, 0.15) is 0 Å². The molecule has 1 amide bonds. The molecule has 0 aliphatic rings. The number of aromatic nitrogens is 2. The van der Waals surface area contributed by atoms with Crippen LogP contribution in [0.2, 0.25) is 5.15 Å². The highest BCUT2D eigenvalue weighted by molar-refractivity contribution is 6.29. The largest absolute Gasteiger partial charge is 0.310 e. The highest BCUT2D eigenvalue weighted by atomic mass is 35.5. The van der Waals surface area contributed by atoms with E-state index in [1.54, 1.807) is 19.2 Å². The first-order valence-corrected chi connectivity index (χ1v) is 5.38. The second-order valence-corrected chi connectivity index (χ2v) is 3.83. The van der Waals surface area contributed by atoms with Gasteiger partial charge in [-0.2, -0.15) is 0 Å². The van der Waals surface area contributed by atoms with Crippen LogP contribution in [0.4, 0.5) is 5.69 Å². The van der Waals surface area contributed by atoms with Crippen molar-refractivity contribution in [1.82, 2.24) is 10.2 Å². The van der Waals surface area contributed by atoms with Crippen molar-refractivity contribution in [3.63, 3.8) is 0 Å². The van der Waals surface area contributed by atoms with E-state index in [2.05, 4.69) is 10.2 Å². The fourth-order valence-corrected chi connectivity index (χ4v) is 1.47. The molecule has 0 bridgehead atoms. The molecule has 2 aromatic rings. The van der Waals surface area contributed by atoms with Gasteiger partial charge in [0.05, 0.1) is 0 Å². The molecule has 1 aromatic heterocycles. The molecule has 0 spiro atoms. The zero-order chi connectivity index (χ0) is 12.3. The molecule has 0 aliphatic heterocycles. The lowest BCUT2D eigenvalue weighted by molar-refractivity contribution is 0.0987. The van der Waals surface area contributed by atoms with Crippen LogP contribution in [-0.4, -0.2) is 23.2 Å². The molecule has 0 unspecified atom stereocenters. The minimum atomic E-state index is -0.222. The number of carbonyl (C=O) groups excluding carboxylic acids is 1. The summed E-state index contributed by atoms with van der Waals surface area (Å²) in [6, 6.07) is 12.4. The summed E-state index contributed by atoms with van der Waals surface area (Å²) in [7, 11) is 1.69. The first-order valence-electron chi connectivity index (χ1n) is 5.01. The zero-order valence-electron chi connectivity index (χ0n) is 9.17. The minimum Gasteiger partial charge on any atom is -0.310 e. The number of hydrogen-bond acceptors (Lipinski definition) is 3. The third-order valence-electron chi connectivity index (χ3n) is 2.30. The maximum atomic E-state index is 12.0. The Kier molecular flexibility index (Phi) is 3.35. The van der Waals surface area contributed by atoms with E-state index in [4.69, 9.17) is 11.6 Å². The summed E-state index contributed by atoms with van der Waals surface area (Å²) in [5.74, 6) is -0.222. The molecular formula is C12H10ClN3O. The molecule has 5 heteroatoms.